The number of benzene rings is 1. The van der Waals surface area contributed by atoms with E-state index in [2.05, 4.69) is 4.90 Å². The molecule has 1 aromatic rings. The Bertz CT molecular complexity index is 425. The Kier molecular flexibility index (Phi) is 4.37. The Hall–Kier alpha value is -1.62. The number of amides is 1. The smallest absolute Gasteiger partial charge is 0.224 e. The van der Waals surface area contributed by atoms with Crippen molar-refractivity contribution in [3.63, 3.8) is 0 Å². The van der Waals surface area contributed by atoms with Gasteiger partial charge < -0.3 is 15.5 Å². The molecule has 1 aliphatic rings. The third kappa shape index (κ3) is 3.67. The molecule has 1 heterocycles. The number of halogens is 1. The molecule has 0 bridgehead atoms. The molecule has 1 fully saturated rings. The minimum Gasteiger partial charge on any atom is -0.368 e. The third-order valence-corrected chi connectivity index (χ3v) is 3.32. The molecule has 0 spiro atoms. The van der Waals surface area contributed by atoms with Gasteiger partial charge in [-0.3, -0.25) is 4.79 Å². The van der Waals surface area contributed by atoms with Crippen molar-refractivity contribution in [3.05, 3.63) is 30.1 Å². The fraction of sp³-hybridized carbons (Fsp3) is 0.500. The van der Waals surface area contributed by atoms with E-state index in [4.69, 9.17) is 5.73 Å². The monoisotopic (exact) mass is 265 g/mol. The van der Waals surface area contributed by atoms with Crippen LogP contribution < -0.4 is 10.6 Å². The van der Waals surface area contributed by atoms with E-state index in [-0.39, 0.29) is 17.8 Å². The van der Waals surface area contributed by atoms with Gasteiger partial charge in [0.1, 0.15) is 5.82 Å². The molecule has 1 saturated heterocycles. The molecule has 0 radical (unpaired) electrons. The highest BCUT2D eigenvalue weighted by Gasteiger charge is 2.21. The molecule has 5 heteroatoms. The maximum Gasteiger partial charge on any atom is 0.224 e. The maximum absolute atomic E-state index is 12.9. The van der Waals surface area contributed by atoms with Crippen LogP contribution in [0.25, 0.3) is 0 Å². The Morgan fingerprint density at radius 2 is 1.84 bits per heavy atom. The number of anilines is 1. The molecule has 2 N–H and O–H groups in total. The molecule has 4 nitrogen and oxygen atoms in total. The lowest BCUT2D eigenvalue weighted by atomic mass is 10.2. The van der Waals surface area contributed by atoms with Gasteiger partial charge in [-0.1, -0.05) is 0 Å². The normalized spacial score (nSPS) is 17.4. The van der Waals surface area contributed by atoms with Gasteiger partial charge in [-0.05, 0) is 31.2 Å². The van der Waals surface area contributed by atoms with Crippen molar-refractivity contribution in [1.29, 1.82) is 0 Å². The van der Waals surface area contributed by atoms with Crippen molar-refractivity contribution in [2.75, 3.05) is 31.1 Å². The lowest BCUT2D eigenvalue weighted by Gasteiger charge is -2.36. The number of hydrogen-bond donors (Lipinski definition) is 1. The summed E-state index contributed by atoms with van der Waals surface area (Å²) in [6, 6.07) is 6.37. The van der Waals surface area contributed by atoms with E-state index >= 15 is 0 Å². The largest absolute Gasteiger partial charge is 0.368 e. The summed E-state index contributed by atoms with van der Waals surface area (Å²) in [5.74, 6) is -0.108. The van der Waals surface area contributed by atoms with Crippen LogP contribution in [-0.2, 0) is 4.79 Å². The van der Waals surface area contributed by atoms with Crippen molar-refractivity contribution in [2.24, 2.45) is 5.73 Å². The summed E-state index contributed by atoms with van der Waals surface area (Å²) >= 11 is 0. The second-order valence-electron chi connectivity index (χ2n) is 5.03. The van der Waals surface area contributed by atoms with Crippen LogP contribution in [0, 0.1) is 5.82 Å². The number of nitrogens with zero attached hydrogens (tertiary/aromatic N) is 2. The zero-order valence-electron chi connectivity index (χ0n) is 11.2. The van der Waals surface area contributed by atoms with E-state index in [1.165, 1.54) is 12.1 Å². The molecule has 1 amide bonds. The standard InChI is InChI=1S/C14H20FN3O/c1-11(16)10-14(19)18-8-6-17(7-9-18)13-4-2-12(15)3-5-13/h2-5,11H,6-10,16H2,1H3. The fourth-order valence-electron chi connectivity index (χ4n) is 2.27. The van der Waals surface area contributed by atoms with E-state index in [0.717, 1.165) is 18.8 Å². The summed E-state index contributed by atoms with van der Waals surface area (Å²) in [7, 11) is 0. The molecule has 0 aliphatic carbocycles. The second-order valence-corrected chi connectivity index (χ2v) is 5.03. The lowest BCUT2D eigenvalue weighted by Crippen LogP contribution is -2.49. The Morgan fingerprint density at radius 1 is 1.26 bits per heavy atom. The van der Waals surface area contributed by atoms with Gasteiger partial charge in [0.15, 0.2) is 0 Å². The number of rotatable bonds is 3. The summed E-state index contributed by atoms with van der Waals surface area (Å²) in [5, 5.41) is 0. The van der Waals surface area contributed by atoms with Gasteiger partial charge in [0.05, 0.1) is 0 Å². The maximum atomic E-state index is 12.9. The van der Waals surface area contributed by atoms with E-state index < -0.39 is 0 Å². The first-order chi connectivity index (χ1) is 9.06. The van der Waals surface area contributed by atoms with E-state index in [1.54, 1.807) is 12.1 Å². The molecule has 1 aliphatic heterocycles. The zero-order valence-corrected chi connectivity index (χ0v) is 11.2. The molecule has 2 rings (SSSR count). The Balaban J connectivity index is 1.88. The SMILES string of the molecule is CC(N)CC(=O)N1CCN(c2ccc(F)cc2)CC1. The minimum absolute atomic E-state index is 0.0948. The summed E-state index contributed by atoms with van der Waals surface area (Å²) in [6.07, 6.45) is 0.399. The van der Waals surface area contributed by atoms with Crippen LogP contribution >= 0.6 is 0 Å². The van der Waals surface area contributed by atoms with Gasteiger partial charge in [-0.15, -0.1) is 0 Å². The summed E-state index contributed by atoms with van der Waals surface area (Å²) in [5.41, 5.74) is 6.64. The molecule has 1 unspecified atom stereocenters. The van der Waals surface area contributed by atoms with E-state index in [1.807, 2.05) is 11.8 Å². The highest BCUT2D eigenvalue weighted by Crippen LogP contribution is 2.17. The quantitative estimate of drug-likeness (QED) is 0.893. The van der Waals surface area contributed by atoms with Gasteiger partial charge in [0, 0.05) is 44.3 Å². The third-order valence-electron chi connectivity index (χ3n) is 3.32. The molecule has 1 aromatic carbocycles. The number of piperazine rings is 1. The summed E-state index contributed by atoms with van der Waals surface area (Å²) < 4.78 is 12.9. The molecule has 104 valence electrons. The first-order valence-electron chi connectivity index (χ1n) is 6.60. The number of nitrogens with two attached hydrogens (primary N) is 1. The van der Waals surface area contributed by atoms with Crippen LogP contribution in [-0.4, -0.2) is 43.0 Å². The lowest BCUT2D eigenvalue weighted by molar-refractivity contribution is -0.131. The van der Waals surface area contributed by atoms with Crippen LogP contribution in [0.2, 0.25) is 0 Å². The molecule has 19 heavy (non-hydrogen) atoms. The van der Waals surface area contributed by atoms with Crippen LogP contribution in [0.5, 0.6) is 0 Å². The minimum atomic E-state index is -0.227. The molecule has 0 saturated carbocycles. The van der Waals surface area contributed by atoms with Crippen LogP contribution in [0.1, 0.15) is 13.3 Å². The van der Waals surface area contributed by atoms with E-state index in [9.17, 15) is 9.18 Å². The first-order valence-corrected chi connectivity index (χ1v) is 6.60. The van der Waals surface area contributed by atoms with Gasteiger partial charge >= 0.3 is 0 Å². The van der Waals surface area contributed by atoms with Crippen molar-refractivity contribution in [2.45, 2.75) is 19.4 Å². The fourth-order valence-corrected chi connectivity index (χ4v) is 2.27. The Morgan fingerprint density at radius 3 is 2.37 bits per heavy atom. The van der Waals surface area contributed by atoms with Crippen molar-refractivity contribution >= 4 is 11.6 Å². The first kappa shape index (κ1) is 13.8. The number of carbonyl (C=O) groups is 1. The molecule has 1 atom stereocenters. The van der Waals surface area contributed by atoms with Crippen LogP contribution in [0.3, 0.4) is 0 Å². The topological polar surface area (TPSA) is 49.6 Å². The van der Waals surface area contributed by atoms with Gasteiger partial charge in [-0.25, -0.2) is 4.39 Å². The predicted molar refractivity (Wildman–Crippen MR) is 73.5 cm³/mol. The average molecular weight is 265 g/mol. The van der Waals surface area contributed by atoms with Gasteiger partial charge in [0.25, 0.3) is 0 Å². The second kappa shape index (κ2) is 6.02. The van der Waals surface area contributed by atoms with Crippen LogP contribution in [0.15, 0.2) is 24.3 Å². The summed E-state index contributed by atoms with van der Waals surface area (Å²) in [4.78, 5) is 15.9. The van der Waals surface area contributed by atoms with Crippen molar-refractivity contribution < 1.29 is 9.18 Å². The average Bonchev–Trinajstić information content (AvgIpc) is 2.39. The number of carbonyl (C=O) groups excluding carboxylic acids is 1. The highest BCUT2D eigenvalue weighted by atomic mass is 19.1. The van der Waals surface area contributed by atoms with E-state index in [0.29, 0.717) is 19.5 Å². The van der Waals surface area contributed by atoms with Crippen molar-refractivity contribution in [1.82, 2.24) is 4.90 Å². The molecular weight excluding hydrogens is 245 g/mol. The zero-order chi connectivity index (χ0) is 13.8. The Labute approximate surface area is 113 Å². The van der Waals surface area contributed by atoms with Crippen molar-refractivity contribution in [3.8, 4) is 0 Å². The predicted octanol–water partition coefficient (Wildman–Crippen LogP) is 1.21. The summed E-state index contributed by atoms with van der Waals surface area (Å²) in [6.45, 7) is 4.78. The van der Waals surface area contributed by atoms with Crippen LogP contribution in [0.4, 0.5) is 10.1 Å². The highest BCUT2D eigenvalue weighted by molar-refractivity contribution is 5.77. The van der Waals surface area contributed by atoms with Gasteiger partial charge in [-0.2, -0.15) is 0 Å². The molecular formula is C14H20FN3O. The molecule has 0 aromatic heterocycles. The van der Waals surface area contributed by atoms with Gasteiger partial charge in [0.2, 0.25) is 5.91 Å². The number of hydrogen-bond acceptors (Lipinski definition) is 3.